The van der Waals surface area contributed by atoms with E-state index < -0.39 is 0 Å². The summed E-state index contributed by atoms with van der Waals surface area (Å²) < 4.78 is 5.79. The molecule has 132 valence electrons. The van der Waals surface area contributed by atoms with Crippen LogP contribution < -0.4 is 10.1 Å². The lowest BCUT2D eigenvalue weighted by Gasteiger charge is -2.30. The van der Waals surface area contributed by atoms with Crippen molar-refractivity contribution in [1.29, 1.82) is 0 Å². The van der Waals surface area contributed by atoms with Crippen LogP contribution in [0.15, 0.2) is 24.3 Å². The van der Waals surface area contributed by atoms with Gasteiger partial charge in [0, 0.05) is 17.8 Å². The molecular formula is C19H24N4O2. The number of carbonyl (C=O) groups is 1. The molecule has 0 unspecified atom stereocenters. The van der Waals surface area contributed by atoms with Crippen LogP contribution in [0.5, 0.6) is 5.75 Å². The number of aromatic nitrogens is 2. The number of carbonyl (C=O) groups excluding carboxylic acids is 1. The lowest BCUT2D eigenvalue weighted by molar-refractivity contribution is 0.176. The van der Waals surface area contributed by atoms with Crippen molar-refractivity contribution >= 4 is 6.03 Å². The van der Waals surface area contributed by atoms with Crippen molar-refractivity contribution in [2.75, 3.05) is 13.2 Å². The van der Waals surface area contributed by atoms with Gasteiger partial charge in [-0.3, -0.25) is 5.10 Å². The Morgan fingerprint density at radius 2 is 2.20 bits per heavy atom. The maximum absolute atomic E-state index is 12.9. The van der Waals surface area contributed by atoms with Gasteiger partial charge in [0.05, 0.1) is 17.8 Å². The molecule has 1 aromatic carbocycles. The molecule has 2 N–H and O–H groups in total. The highest BCUT2D eigenvalue weighted by Crippen LogP contribution is 2.35. The van der Waals surface area contributed by atoms with Gasteiger partial charge in [0.1, 0.15) is 12.4 Å². The van der Waals surface area contributed by atoms with Gasteiger partial charge in [0.2, 0.25) is 0 Å². The first-order chi connectivity index (χ1) is 12.1. The summed E-state index contributed by atoms with van der Waals surface area (Å²) >= 11 is 0. The molecule has 2 aliphatic rings. The molecule has 1 saturated heterocycles. The Balaban J connectivity index is 1.46. The van der Waals surface area contributed by atoms with Crippen molar-refractivity contribution in [3.63, 3.8) is 0 Å². The van der Waals surface area contributed by atoms with Crippen LogP contribution in [-0.4, -0.2) is 40.3 Å². The number of H-pyrrole nitrogens is 1. The van der Waals surface area contributed by atoms with Gasteiger partial charge < -0.3 is 15.0 Å². The van der Waals surface area contributed by atoms with E-state index in [0.717, 1.165) is 54.1 Å². The van der Waals surface area contributed by atoms with Crippen LogP contribution in [0.1, 0.15) is 41.4 Å². The Labute approximate surface area is 147 Å². The van der Waals surface area contributed by atoms with Crippen molar-refractivity contribution < 1.29 is 9.53 Å². The van der Waals surface area contributed by atoms with Gasteiger partial charge in [-0.25, -0.2) is 4.79 Å². The monoisotopic (exact) mass is 340 g/mol. The number of benzene rings is 1. The second-order valence-electron chi connectivity index (χ2n) is 6.97. The van der Waals surface area contributed by atoms with E-state index in [0.29, 0.717) is 6.61 Å². The van der Waals surface area contributed by atoms with Gasteiger partial charge >= 0.3 is 6.03 Å². The number of para-hydroxylation sites is 1. The third-order valence-electron chi connectivity index (χ3n) is 5.24. The summed E-state index contributed by atoms with van der Waals surface area (Å²) in [7, 11) is 0. The minimum Gasteiger partial charge on any atom is -0.491 e. The summed E-state index contributed by atoms with van der Waals surface area (Å²) in [5, 5.41) is 10.5. The molecule has 2 atom stereocenters. The quantitative estimate of drug-likeness (QED) is 0.883. The summed E-state index contributed by atoms with van der Waals surface area (Å²) in [6, 6.07) is 8.13. The molecule has 0 spiro atoms. The number of urea groups is 1. The Hall–Kier alpha value is -2.50. The van der Waals surface area contributed by atoms with E-state index in [4.69, 9.17) is 4.74 Å². The molecule has 6 heteroatoms. The maximum atomic E-state index is 12.9. The molecule has 0 radical (unpaired) electrons. The van der Waals surface area contributed by atoms with E-state index in [9.17, 15) is 4.79 Å². The Morgan fingerprint density at radius 1 is 1.36 bits per heavy atom. The van der Waals surface area contributed by atoms with Crippen molar-refractivity contribution in [3.05, 3.63) is 46.8 Å². The Bertz CT molecular complexity index is 766. The molecule has 1 aromatic heterocycles. The maximum Gasteiger partial charge on any atom is 0.318 e. The predicted octanol–water partition coefficient (Wildman–Crippen LogP) is 2.88. The van der Waals surface area contributed by atoms with Gasteiger partial charge in [-0.05, 0) is 44.7 Å². The van der Waals surface area contributed by atoms with Crippen LogP contribution >= 0.6 is 0 Å². The lowest BCUT2D eigenvalue weighted by atomic mass is 10.0. The first-order valence-electron chi connectivity index (χ1n) is 8.93. The molecule has 3 heterocycles. The number of aryl methyl sites for hydroxylation is 2. The Kier molecular flexibility index (Phi) is 4.11. The molecule has 2 amide bonds. The number of fused-ring (bicyclic) bond motifs is 1. The third kappa shape index (κ3) is 2.97. The largest absolute Gasteiger partial charge is 0.491 e. The van der Waals surface area contributed by atoms with Gasteiger partial charge in [0.25, 0.3) is 0 Å². The molecular weight excluding hydrogens is 316 g/mol. The first kappa shape index (κ1) is 16.0. The fourth-order valence-electron chi connectivity index (χ4n) is 4.04. The van der Waals surface area contributed by atoms with E-state index in [1.165, 1.54) is 0 Å². The van der Waals surface area contributed by atoms with Gasteiger partial charge in [0.15, 0.2) is 0 Å². The number of aromatic amines is 1. The topological polar surface area (TPSA) is 70.2 Å². The summed E-state index contributed by atoms with van der Waals surface area (Å²) in [5.74, 6) is 0.927. The molecule has 6 nitrogen and oxygen atoms in total. The minimum atomic E-state index is -0.00418. The van der Waals surface area contributed by atoms with Crippen LogP contribution in [0.2, 0.25) is 0 Å². The summed E-state index contributed by atoms with van der Waals surface area (Å²) in [6.07, 6.45) is 2.81. The average molecular weight is 340 g/mol. The van der Waals surface area contributed by atoms with Crippen LogP contribution in [0.4, 0.5) is 4.79 Å². The normalized spacial score (nSPS) is 22.4. The SMILES string of the molecule is Cc1n[nH]c(C)c1[C@H]1CCCN1C(=O)N[C@@H]1COc2ccccc2C1. The zero-order valence-corrected chi connectivity index (χ0v) is 14.7. The zero-order valence-electron chi connectivity index (χ0n) is 14.7. The molecule has 2 aliphatic heterocycles. The highest BCUT2D eigenvalue weighted by atomic mass is 16.5. The Morgan fingerprint density at radius 3 is 3.00 bits per heavy atom. The predicted molar refractivity (Wildman–Crippen MR) is 94.7 cm³/mol. The fraction of sp³-hybridized carbons (Fsp3) is 0.474. The van der Waals surface area contributed by atoms with Crippen molar-refractivity contribution in [1.82, 2.24) is 20.4 Å². The fourth-order valence-corrected chi connectivity index (χ4v) is 4.04. The molecule has 2 aromatic rings. The zero-order chi connectivity index (χ0) is 17.4. The number of ether oxygens (including phenoxy) is 1. The van der Waals surface area contributed by atoms with E-state index in [1.807, 2.05) is 36.9 Å². The van der Waals surface area contributed by atoms with Crippen LogP contribution in [-0.2, 0) is 6.42 Å². The smallest absolute Gasteiger partial charge is 0.318 e. The first-order valence-corrected chi connectivity index (χ1v) is 8.93. The molecule has 0 aliphatic carbocycles. The lowest BCUT2D eigenvalue weighted by Crippen LogP contribution is -2.48. The van der Waals surface area contributed by atoms with E-state index in [2.05, 4.69) is 21.6 Å². The molecule has 0 bridgehead atoms. The molecule has 1 fully saturated rings. The van der Waals surface area contributed by atoms with Crippen LogP contribution in [0.25, 0.3) is 0 Å². The number of rotatable bonds is 2. The van der Waals surface area contributed by atoms with Crippen LogP contribution in [0.3, 0.4) is 0 Å². The van der Waals surface area contributed by atoms with Crippen molar-refractivity contribution in [2.24, 2.45) is 0 Å². The molecule has 25 heavy (non-hydrogen) atoms. The van der Waals surface area contributed by atoms with Crippen LogP contribution in [0, 0.1) is 13.8 Å². The summed E-state index contributed by atoms with van der Waals surface area (Å²) in [5.41, 5.74) is 4.35. The standard InChI is InChI=1S/C19H24N4O2/c1-12-18(13(2)22-21-12)16-7-5-9-23(16)19(24)20-15-10-14-6-3-4-8-17(14)25-11-15/h3-4,6,8,15-16H,5,7,9-11H2,1-2H3,(H,20,24)(H,21,22)/t15-,16+/m0/s1. The van der Waals surface area contributed by atoms with Crippen molar-refractivity contribution in [3.8, 4) is 5.75 Å². The van der Waals surface area contributed by atoms with Gasteiger partial charge in [-0.2, -0.15) is 5.10 Å². The second kappa shape index (κ2) is 6.43. The minimum absolute atomic E-state index is 0.00418. The molecule has 4 rings (SSSR count). The number of hydrogen-bond donors (Lipinski definition) is 2. The second-order valence-corrected chi connectivity index (χ2v) is 6.97. The average Bonchev–Trinajstić information content (AvgIpc) is 3.21. The highest BCUT2D eigenvalue weighted by Gasteiger charge is 2.34. The number of likely N-dealkylation sites (tertiary alicyclic amines) is 1. The molecule has 0 saturated carbocycles. The van der Waals surface area contributed by atoms with Crippen molar-refractivity contribution in [2.45, 2.75) is 45.2 Å². The summed E-state index contributed by atoms with van der Waals surface area (Å²) in [4.78, 5) is 14.8. The summed E-state index contributed by atoms with van der Waals surface area (Å²) in [6.45, 7) is 5.32. The number of nitrogens with zero attached hydrogens (tertiary/aromatic N) is 2. The third-order valence-corrected chi connectivity index (χ3v) is 5.24. The number of amides is 2. The van der Waals surface area contributed by atoms with E-state index in [-0.39, 0.29) is 18.1 Å². The van der Waals surface area contributed by atoms with Gasteiger partial charge in [-0.1, -0.05) is 18.2 Å². The highest BCUT2D eigenvalue weighted by molar-refractivity contribution is 5.75. The van der Waals surface area contributed by atoms with E-state index in [1.54, 1.807) is 0 Å². The number of hydrogen-bond acceptors (Lipinski definition) is 3. The van der Waals surface area contributed by atoms with E-state index >= 15 is 0 Å². The van der Waals surface area contributed by atoms with Gasteiger partial charge in [-0.15, -0.1) is 0 Å². The number of nitrogens with one attached hydrogen (secondary N) is 2.